The van der Waals surface area contributed by atoms with Crippen LogP contribution in [0.25, 0.3) is 11.3 Å². The monoisotopic (exact) mass is 684 g/mol. The van der Waals surface area contributed by atoms with Gasteiger partial charge in [0.1, 0.15) is 17.5 Å². The van der Waals surface area contributed by atoms with Crippen molar-refractivity contribution in [3.63, 3.8) is 0 Å². The van der Waals surface area contributed by atoms with E-state index in [1.54, 1.807) is 65.8 Å². The molecule has 4 aromatic rings. The van der Waals surface area contributed by atoms with Crippen LogP contribution >= 0.6 is 23.4 Å². The molecule has 1 fully saturated rings. The molecule has 1 aliphatic heterocycles. The number of phenols is 1. The summed E-state index contributed by atoms with van der Waals surface area (Å²) >= 11 is 7.75. The van der Waals surface area contributed by atoms with Crippen molar-refractivity contribution in [1.29, 1.82) is 0 Å². The van der Waals surface area contributed by atoms with Crippen LogP contribution in [0.2, 0.25) is 5.02 Å². The molecule has 1 aliphatic rings. The summed E-state index contributed by atoms with van der Waals surface area (Å²) in [5, 5.41) is 18.1. The number of nitrogens with one attached hydrogen (secondary N) is 1. The van der Waals surface area contributed by atoms with Crippen LogP contribution in [0.1, 0.15) is 49.3 Å². The number of phenolic OH excluding ortho intramolecular Hbond substituents is 1. The normalized spacial score (nSPS) is 15.4. The maximum absolute atomic E-state index is 13.6. The smallest absolute Gasteiger partial charge is 0.305 e. The zero-order valence-electron chi connectivity index (χ0n) is 26.8. The Morgan fingerprint density at radius 1 is 1.06 bits per heavy atom. The molecule has 2 amide bonds. The van der Waals surface area contributed by atoms with Crippen LogP contribution in [-0.2, 0) is 32.6 Å². The highest BCUT2D eigenvalue weighted by atomic mass is 35.5. The number of esters is 1. The highest BCUT2D eigenvalue weighted by Crippen LogP contribution is 2.35. The van der Waals surface area contributed by atoms with Crippen LogP contribution in [0, 0.1) is 11.8 Å². The molecule has 2 N–H and O–H groups in total. The molecule has 3 aromatic carbocycles. The number of anilines is 1. The van der Waals surface area contributed by atoms with Crippen LogP contribution in [0.4, 0.5) is 5.69 Å². The number of halogens is 1. The van der Waals surface area contributed by atoms with Gasteiger partial charge in [0, 0.05) is 47.3 Å². The third-order valence-corrected chi connectivity index (χ3v) is 9.40. The van der Waals surface area contributed by atoms with Gasteiger partial charge in [-0.25, -0.2) is 0 Å². The molecule has 11 heteroatoms. The first kappa shape index (κ1) is 34.6. The van der Waals surface area contributed by atoms with Gasteiger partial charge >= 0.3 is 5.97 Å². The number of amides is 2. The summed E-state index contributed by atoms with van der Waals surface area (Å²) < 4.78 is 6.66. The zero-order chi connectivity index (χ0) is 34.0. The summed E-state index contributed by atoms with van der Waals surface area (Å²) in [7, 11) is 1.78. The fourth-order valence-corrected chi connectivity index (χ4v) is 7.13. The summed E-state index contributed by atoms with van der Waals surface area (Å²) in [4.78, 5) is 40.7. The molecule has 2 heterocycles. The molecule has 0 spiro atoms. The fourth-order valence-electron chi connectivity index (χ4n) is 5.48. The molecular formula is C37H37ClN4O5S. The first-order chi connectivity index (χ1) is 23.2. The van der Waals surface area contributed by atoms with Gasteiger partial charge in [-0.1, -0.05) is 53.8 Å². The number of aryl methyl sites for hydroxylation is 1. The Labute approximate surface area is 289 Å². The molecule has 0 bridgehead atoms. The number of hydrogen-bond donors (Lipinski definition) is 2. The fraction of sp³-hybridized carbons (Fsp3) is 0.297. The van der Waals surface area contributed by atoms with Crippen molar-refractivity contribution < 1.29 is 24.2 Å². The van der Waals surface area contributed by atoms with Crippen molar-refractivity contribution in [3.8, 4) is 28.8 Å². The van der Waals surface area contributed by atoms with Gasteiger partial charge in [-0.05, 0) is 74.2 Å². The Balaban J connectivity index is 1.26. The summed E-state index contributed by atoms with van der Waals surface area (Å²) in [6.07, 6.45) is 4.39. The highest BCUT2D eigenvalue weighted by molar-refractivity contribution is 8.00. The Morgan fingerprint density at radius 2 is 1.83 bits per heavy atom. The summed E-state index contributed by atoms with van der Waals surface area (Å²) in [6, 6.07) is 20.8. The first-order valence-electron chi connectivity index (χ1n) is 15.8. The van der Waals surface area contributed by atoms with E-state index >= 15 is 0 Å². The molecule has 2 atom stereocenters. The van der Waals surface area contributed by atoms with E-state index in [2.05, 4.69) is 22.3 Å². The van der Waals surface area contributed by atoms with E-state index in [0.29, 0.717) is 59.2 Å². The maximum atomic E-state index is 13.6. The number of carbonyl (C=O) groups excluding carboxylic acids is 3. The third kappa shape index (κ3) is 9.00. The van der Waals surface area contributed by atoms with E-state index in [4.69, 9.17) is 16.3 Å². The second-order valence-electron chi connectivity index (χ2n) is 11.4. The van der Waals surface area contributed by atoms with Crippen LogP contribution in [-0.4, -0.2) is 61.3 Å². The number of ether oxygens (including phenoxy) is 1. The van der Waals surface area contributed by atoms with Gasteiger partial charge in [-0.2, -0.15) is 5.10 Å². The molecule has 0 saturated carbocycles. The van der Waals surface area contributed by atoms with E-state index in [9.17, 15) is 19.5 Å². The molecule has 48 heavy (non-hydrogen) atoms. The predicted octanol–water partition coefficient (Wildman–Crippen LogP) is 6.42. The molecule has 1 unspecified atom stereocenters. The predicted molar refractivity (Wildman–Crippen MR) is 188 cm³/mol. The highest BCUT2D eigenvalue weighted by Gasteiger charge is 2.41. The lowest BCUT2D eigenvalue weighted by Crippen LogP contribution is -2.48. The summed E-state index contributed by atoms with van der Waals surface area (Å²) in [5.41, 5.74) is 3.84. The Bertz CT molecular complexity index is 1820. The average Bonchev–Trinajstić information content (AvgIpc) is 3.67. The van der Waals surface area contributed by atoms with Crippen LogP contribution in [0.15, 0.2) is 79.0 Å². The number of benzene rings is 3. The number of unbranched alkanes of at least 4 members (excludes halogenated alkanes) is 1. The molecular weight excluding hydrogens is 648 g/mol. The topological polar surface area (TPSA) is 114 Å². The van der Waals surface area contributed by atoms with Crippen molar-refractivity contribution in [2.75, 3.05) is 17.7 Å². The molecule has 0 radical (unpaired) electrons. The largest absolute Gasteiger partial charge is 0.507 e. The van der Waals surface area contributed by atoms with Crippen LogP contribution < -0.4 is 5.32 Å². The SMILES string of the molecule is CCOC(=O)CCCCC1SC[C@@H](C(=O)Nc2ccc(C#Cc3cn(C)nc3-c3cc(Cl)ccc3O)cc2)N1C(=O)Cc1ccccc1. The van der Waals surface area contributed by atoms with E-state index in [1.807, 2.05) is 42.5 Å². The van der Waals surface area contributed by atoms with E-state index in [1.165, 1.54) is 6.07 Å². The van der Waals surface area contributed by atoms with Crippen molar-refractivity contribution >= 4 is 46.8 Å². The minimum Gasteiger partial charge on any atom is -0.507 e. The lowest BCUT2D eigenvalue weighted by Gasteiger charge is -2.29. The van der Waals surface area contributed by atoms with Gasteiger partial charge in [0.25, 0.3) is 0 Å². The van der Waals surface area contributed by atoms with Crippen molar-refractivity contribution in [2.45, 2.75) is 50.4 Å². The molecule has 5 rings (SSSR count). The lowest BCUT2D eigenvalue weighted by molar-refractivity contribution is -0.143. The minimum absolute atomic E-state index is 0.0579. The quantitative estimate of drug-likeness (QED) is 0.107. The van der Waals surface area contributed by atoms with Gasteiger partial charge in [-0.15, -0.1) is 11.8 Å². The zero-order valence-corrected chi connectivity index (χ0v) is 28.4. The van der Waals surface area contributed by atoms with Gasteiger partial charge in [0.15, 0.2) is 0 Å². The minimum atomic E-state index is -0.632. The lowest BCUT2D eigenvalue weighted by atomic mass is 10.1. The van der Waals surface area contributed by atoms with Gasteiger partial charge in [0.2, 0.25) is 11.8 Å². The Morgan fingerprint density at radius 3 is 2.58 bits per heavy atom. The molecule has 248 valence electrons. The van der Waals surface area contributed by atoms with Gasteiger partial charge < -0.3 is 20.1 Å². The number of hydrogen-bond acceptors (Lipinski definition) is 7. The van der Waals surface area contributed by atoms with E-state index in [0.717, 1.165) is 17.5 Å². The second kappa shape index (κ2) is 16.4. The van der Waals surface area contributed by atoms with Crippen LogP contribution in [0.3, 0.4) is 0 Å². The van der Waals surface area contributed by atoms with Crippen molar-refractivity contribution in [1.82, 2.24) is 14.7 Å². The first-order valence-corrected chi connectivity index (χ1v) is 17.2. The Hall–Kier alpha value is -4.72. The Kier molecular flexibility index (Phi) is 11.8. The van der Waals surface area contributed by atoms with Gasteiger partial charge in [0.05, 0.1) is 24.0 Å². The van der Waals surface area contributed by atoms with E-state index < -0.39 is 6.04 Å². The molecule has 9 nitrogen and oxygen atoms in total. The molecule has 1 aromatic heterocycles. The van der Waals surface area contributed by atoms with Gasteiger partial charge in [-0.3, -0.25) is 19.1 Å². The number of nitrogens with zero attached hydrogens (tertiary/aromatic N) is 3. The van der Waals surface area contributed by atoms with E-state index in [-0.39, 0.29) is 35.3 Å². The number of rotatable bonds is 11. The standard InChI is InChI=1S/C37H37ClN4O5S/c1-3-47-35(45)12-8-7-11-34-42(33(44)21-26-9-5-4-6-10-26)31(24-48-34)37(46)39-29-18-14-25(15-19-29)13-16-27-23-41(2)40-36(27)30-22-28(38)17-20-32(30)43/h4-6,9-10,14-15,17-20,22-23,31,34,43H,3,7-8,11-12,21,24H2,1-2H3,(H,39,46)/t31-,34?/m0/s1. The van der Waals surface area contributed by atoms with Crippen LogP contribution in [0.5, 0.6) is 5.75 Å². The van der Waals surface area contributed by atoms with Crippen molar-refractivity contribution in [3.05, 3.63) is 101 Å². The number of thioether (sulfide) groups is 1. The third-order valence-electron chi connectivity index (χ3n) is 7.81. The van der Waals surface area contributed by atoms with Crippen molar-refractivity contribution in [2.24, 2.45) is 7.05 Å². The summed E-state index contributed by atoms with van der Waals surface area (Å²) in [6.45, 7) is 2.14. The number of aromatic nitrogens is 2. The second-order valence-corrected chi connectivity index (χ2v) is 13.0. The number of aromatic hydroxyl groups is 1. The maximum Gasteiger partial charge on any atom is 0.305 e. The molecule has 0 aliphatic carbocycles. The number of carbonyl (C=O) groups is 3. The average molecular weight is 685 g/mol. The summed E-state index contributed by atoms with van der Waals surface area (Å²) in [5.74, 6) is 6.22. The molecule has 1 saturated heterocycles.